The fourth-order valence-corrected chi connectivity index (χ4v) is 2.81. The quantitative estimate of drug-likeness (QED) is 0.813. The Morgan fingerprint density at radius 3 is 2.71 bits per heavy atom. The summed E-state index contributed by atoms with van der Waals surface area (Å²) in [5.41, 5.74) is 1.89. The van der Waals surface area contributed by atoms with Gasteiger partial charge in [0.2, 0.25) is 5.91 Å². The average molecular weight is 331 g/mol. The predicted octanol–water partition coefficient (Wildman–Crippen LogP) is 3.16. The van der Waals surface area contributed by atoms with E-state index in [2.05, 4.69) is 5.32 Å². The standard InChI is InChI=1S/C19H25NO4/c1-5-23-16-9-7-6-8-14(16)15-10-17(21)20-13(4)18(15)19(22)24-11-12(2)3/h6-9,12,15H,5,10-11H2,1-4H3,(H,20,21)/t15-/m1/s1. The summed E-state index contributed by atoms with van der Waals surface area (Å²) < 4.78 is 11.1. The molecule has 1 heterocycles. The molecule has 5 heteroatoms. The Balaban J connectivity index is 2.40. The molecule has 0 spiro atoms. The van der Waals surface area contributed by atoms with Gasteiger partial charge in [0, 0.05) is 23.6 Å². The molecule has 0 fully saturated rings. The van der Waals surface area contributed by atoms with E-state index in [0.717, 1.165) is 5.56 Å². The number of carbonyl (C=O) groups is 2. The molecule has 0 saturated carbocycles. The molecule has 1 atom stereocenters. The molecule has 2 rings (SSSR count). The third kappa shape index (κ3) is 4.16. The second-order valence-corrected chi connectivity index (χ2v) is 6.31. The monoisotopic (exact) mass is 331 g/mol. The third-order valence-corrected chi connectivity index (χ3v) is 3.83. The van der Waals surface area contributed by atoms with Crippen molar-refractivity contribution in [1.82, 2.24) is 5.32 Å². The first kappa shape index (κ1) is 18.0. The van der Waals surface area contributed by atoms with Crippen molar-refractivity contribution in [2.45, 2.75) is 40.0 Å². The lowest BCUT2D eigenvalue weighted by atomic mass is 9.84. The normalized spacial score (nSPS) is 17.7. The summed E-state index contributed by atoms with van der Waals surface area (Å²) >= 11 is 0. The number of hydrogen-bond donors (Lipinski definition) is 1. The molecule has 130 valence electrons. The minimum atomic E-state index is -0.377. The molecule has 0 radical (unpaired) electrons. The molecule has 1 aliphatic heterocycles. The highest BCUT2D eigenvalue weighted by Gasteiger charge is 2.34. The van der Waals surface area contributed by atoms with Gasteiger partial charge in [-0.3, -0.25) is 4.79 Å². The number of carbonyl (C=O) groups excluding carboxylic acids is 2. The number of benzene rings is 1. The maximum atomic E-state index is 12.6. The molecule has 1 aromatic carbocycles. The SMILES string of the molecule is CCOc1ccccc1[C@H]1CC(=O)NC(C)=C1C(=O)OCC(C)C. The number of rotatable bonds is 6. The number of allylic oxidation sites excluding steroid dienone is 1. The number of ether oxygens (including phenoxy) is 2. The molecule has 1 aliphatic rings. The van der Waals surface area contributed by atoms with Crippen molar-refractivity contribution in [3.05, 3.63) is 41.1 Å². The van der Waals surface area contributed by atoms with Crippen LogP contribution in [0, 0.1) is 5.92 Å². The van der Waals surface area contributed by atoms with Gasteiger partial charge in [0.1, 0.15) is 5.75 Å². The Hall–Kier alpha value is -2.30. The molecule has 0 aromatic heterocycles. The molecule has 1 amide bonds. The highest BCUT2D eigenvalue weighted by molar-refractivity contribution is 5.96. The van der Waals surface area contributed by atoms with E-state index < -0.39 is 0 Å². The Morgan fingerprint density at radius 2 is 2.04 bits per heavy atom. The van der Waals surface area contributed by atoms with Crippen LogP contribution in [-0.2, 0) is 14.3 Å². The predicted molar refractivity (Wildman–Crippen MR) is 91.6 cm³/mol. The van der Waals surface area contributed by atoms with Gasteiger partial charge in [-0.1, -0.05) is 32.0 Å². The van der Waals surface area contributed by atoms with E-state index in [4.69, 9.17) is 9.47 Å². The third-order valence-electron chi connectivity index (χ3n) is 3.83. The Morgan fingerprint density at radius 1 is 1.33 bits per heavy atom. The Labute approximate surface area is 143 Å². The summed E-state index contributed by atoms with van der Waals surface area (Å²) in [6.45, 7) is 8.48. The van der Waals surface area contributed by atoms with Crippen LogP contribution in [0.2, 0.25) is 0 Å². The lowest BCUT2D eigenvalue weighted by Crippen LogP contribution is -2.34. The highest BCUT2D eigenvalue weighted by Crippen LogP contribution is 2.38. The van der Waals surface area contributed by atoms with Gasteiger partial charge in [-0.25, -0.2) is 4.79 Å². The van der Waals surface area contributed by atoms with Gasteiger partial charge in [0.05, 0.1) is 18.8 Å². The maximum Gasteiger partial charge on any atom is 0.336 e. The van der Waals surface area contributed by atoms with Crippen molar-refractivity contribution in [3.8, 4) is 5.75 Å². The zero-order valence-electron chi connectivity index (χ0n) is 14.7. The maximum absolute atomic E-state index is 12.6. The summed E-state index contributed by atoms with van der Waals surface area (Å²) in [5.74, 6) is 0.103. The van der Waals surface area contributed by atoms with Gasteiger partial charge in [0.25, 0.3) is 0 Å². The molecule has 0 aliphatic carbocycles. The van der Waals surface area contributed by atoms with E-state index in [1.165, 1.54) is 0 Å². The molecule has 0 unspecified atom stereocenters. The van der Waals surface area contributed by atoms with Crippen LogP contribution in [0.3, 0.4) is 0 Å². The van der Waals surface area contributed by atoms with Crippen LogP contribution in [0.4, 0.5) is 0 Å². The van der Waals surface area contributed by atoms with E-state index in [-0.39, 0.29) is 30.1 Å². The minimum absolute atomic E-state index is 0.107. The van der Waals surface area contributed by atoms with E-state index in [9.17, 15) is 9.59 Å². The average Bonchev–Trinajstić information content (AvgIpc) is 2.52. The van der Waals surface area contributed by atoms with Crippen molar-refractivity contribution in [3.63, 3.8) is 0 Å². The molecular weight excluding hydrogens is 306 g/mol. The van der Waals surface area contributed by atoms with Crippen LogP contribution in [0.5, 0.6) is 5.75 Å². The summed E-state index contributed by atoms with van der Waals surface area (Å²) in [6, 6.07) is 7.52. The smallest absolute Gasteiger partial charge is 0.336 e. The second-order valence-electron chi connectivity index (χ2n) is 6.31. The summed E-state index contributed by atoms with van der Waals surface area (Å²) in [4.78, 5) is 24.6. The van der Waals surface area contributed by atoms with Gasteiger partial charge in [-0.15, -0.1) is 0 Å². The fourth-order valence-electron chi connectivity index (χ4n) is 2.81. The number of nitrogens with one attached hydrogen (secondary N) is 1. The second kappa shape index (κ2) is 7.99. The van der Waals surface area contributed by atoms with Crippen molar-refractivity contribution in [2.75, 3.05) is 13.2 Å². The number of esters is 1. The largest absolute Gasteiger partial charge is 0.494 e. The van der Waals surface area contributed by atoms with Crippen molar-refractivity contribution in [2.24, 2.45) is 5.92 Å². The number of hydrogen-bond acceptors (Lipinski definition) is 4. The van der Waals surface area contributed by atoms with Crippen LogP contribution < -0.4 is 10.1 Å². The lowest BCUT2D eigenvalue weighted by Gasteiger charge is -2.28. The van der Waals surface area contributed by atoms with Crippen LogP contribution in [0.1, 0.15) is 45.6 Å². The number of amides is 1. The molecule has 0 saturated heterocycles. The minimum Gasteiger partial charge on any atom is -0.494 e. The van der Waals surface area contributed by atoms with E-state index in [1.54, 1.807) is 6.92 Å². The Kier molecular flexibility index (Phi) is 6.01. The van der Waals surface area contributed by atoms with Crippen LogP contribution in [0.15, 0.2) is 35.5 Å². The molecule has 0 bridgehead atoms. The highest BCUT2D eigenvalue weighted by atomic mass is 16.5. The van der Waals surface area contributed by atoms with Gasteiger partial charge in [-0.05, 0) is 25.8 Å². The van der Waals surface area contributed by atoms with Crippen LogP contribution in [-0.4, -0.2) is 25.1 Å². The summed E-state index contributed by atoms with van der Waals surface area (Å²) in [7, 11) is 0. The molecule has 24 heavy (non-hydrogen) atoms. The van der Waals surface area contributed by atoms with Gasteiger partial charge < -0.3 is 14.8 Å². The van der Waals surface area contributed by atoms with E-state index in [1.807, 2.05) is 45.0 Å². The zero-order chi connectivity index (χ0) is 17.7. The van der Waals surface area contributed by atoms with Crippen molar-refractivity contribution < 1.29 is 19.1 Å². The number of para-hydroxylation sites is 1. The van der Waals surface area contributed by atoms with Gasteiger partial charge in [-0.2, -0.15) is 0 Å². The van der Waals surface area contributed by atoms with Crippen LogP contribution in [0.25, 0.3) is 0 Å². The Bertz CT molecular complexity index is 649. The van der Waals surface area contributed by atoms with E-state index in [0.29, 0.717) is 30.2 Å². The van der Waals surface area contributed by atoms with E-state index >= 15 is 0 Å². The first-order valence-electron chi connectivity index (χ1n) is 8.33. The summed E-state index contributed by atoms with van der Waals surface area (Å²) in [6.07, 6.45) is 0.202. The van der Waals surface area contributed by atoms with Gasteiger partial charge in [0.15, 0.2) is 0 Å². The molecule has 5 nitrogen and oxygen atoms in total. The summed E-state index contributed by atoms with van der Waals surface area (Å²) in [5, 5.41) is 2.75. The van der Waals surface area contributed by atoms with Crippen molar-refractivity contribution >= 4 is 11.9 Å². The zero-order valence-corrected chi connectivity index (χ0v) is 14.7. The molecular formula is C19H25NO4. The van der Waals surface area contributed by atoms with Crippen LogP contribution >= 0.6 is 0 Å². The molecule has 1 aromatic rings. The van der Waals surface area contributed by atoms with Gasteiger partial charge >= 0.3 is 5.97 Å². The molecule has 1 N–H and O–H groups in total. The fraction of sp³-hybridized carbons (Fsp3) is 0.474. The first-order chi connectivity index (χ1) is 11.4. The topological polar surface area (TPSA) is 64.6 Å². The van der Waals surface area contributed by atoms with Crippen molar-refractivity contribution in [1.29, 1.82) is 0 Å². The lowest BCUT2D eigenvalue weighted by molar-refractivity contribution is -0.140. The first-order valence-corrected chi connectivity index (χ1v) is 8.33.